The quantitative estimate of drug-likeness (QED) is 0.593. The van der Waals surface area contributed by atoms with Crippen molar-refractivity contribution in [3.05, 3.63) is 0 Å². The van der Waals surface area contributed by atoms with Crippen molar-refractivity contribution in [2.75, 3.05) is 19.7 Å². The number of hydrogen-bond donors (Lipinski definition) is 2. The van der Waals surface area contributed by atoms with Crippen LogP contribution in [0.3, 0.4) is 0 Å². The smallest absolute Gasteiger partial charge is 0.0970 e. The second-order valence-corrected chi connectivity index (χ2v) is 3.54. The molecule has 1 saturated heterocycles. The van der Waals surface area contributed by atoms with Gasteiger partial charge in [0.05, 0.1) is 12.2 Å². The van der Waals surface area contributed by atoms with Gasteiger partial charge in [-0.1, -0.05) is 0 Å². The average molecular weight is 157 g/mol. The Morgan fingerprint density at radius 1 is 1.36 bits per heavy atom. The molecular weight excluding hydrogens is 142 g/mol. The van der Waals surface area contributed by atoms with Gasteiger partial charge in [-0.25, -0.2) is 0 Å². The highest BCUT2D eigenvalue weighted by molar-refractivity contribution is 4.82. The number of aliphatic hydroxyl groups is 1. The van der Waals surface area contributed by atoms with Gasteiger partial charge in [0.15, 0.2) is 0 Å². The number of ether oxygens (including phenoxy) is 1. The van der Waals surface area contributed by atoms with Crippen molar-refractivity contribution in [3.63, 3.8) is 0 Å². The molecule has 2 aliphatic rings. The van der Waals surface area contributed by atoms with E-state index in [9.17, 15) is 5.11 Å². The Balaban J connectivity index is 1.67. The van der Waals surface area contributed by atoms with Gasteiger partial charge in [-0.2, -0.15) is 0 Å². The maximum absolute atomic E-state index is 9.33. The Hall–Kier alpha value is -0.120. The number of aliphatic hydroxyl groups excluding tert-OH is 1. The highest BCUT2D eigenvalue weighted by Crippen LogP contribution is 2.29. The molecule has 11 heavy (non-hydrogen) atoms. The predicted molar refractivity (Wildman–Crippen MR) is 41.3 cm³/mol. The van der Waals surface area contributed by atoms with Crippen molar-refractivity contribution >= 4 is 0 Å². The molecule has 1 saturated carbocycles. The summed E-state index contributed by atoms with van der Waals surface area (Å²) in [4.78, 5) is 0. The van der Waals surface area contributed by atoms with E-state index in [1.165, 1.54) is 12.8 Å². The van der Waals surface area contributed by atoms with Crippen molar-refractivity contribution in [2.45, 2.75) is 25.0 Å². The predicted octanol–water partition coefficient (Wildman–Crippen LogP) is -0.254. The lowest BCUT2D eigenvalue weighted by Gasteiger charge is -2.13. The molecule has 2 unspecified atom stereocenters. The van der Waals surface area contributed by atoms with E-state index in [4.69, 9.17) is 4.74 Å². The lowest BCUT2D eigenvalue weighted by Crippen LogP contribution is -2.27. The Bertz CT molecular complexity index is 136. The number of nitrogens with one attached hydrogen (secondary N) is 1. The maximum atomic E-state index is 9.33. The van der Waals surface area contributed by atoms with E-state index in [1.807, 2.05) is 0 Å². The Morgan fingerprint density at radius 2 is 2.18 bits per heavy atom. The summed E-state index contributed by atoms with van der Waals surface area (Å²) in [5.74, 6) is 0.794. The fourth-order valence-corrected chi connectivity index (χ4v) is 1.36. The second kappa shape index (κ2) is 3.09. The third-order valence-corrected chi connectivity index (χ3v) is 2.37. The van der Waals surface area contributed by atoms with Crippen LogP contribution in [-0.4, -0.2) is 37.0 Å². The molecule has 1 aliphatic heterocycles. The van der Waals surface area contributed by atoms with Gasteiger partial charge in [-0.15, -0.1) is 0 Å². The molecule has 0 aromatic rings. The molecule has 0 aromatic carbocycles. The van der Waals surface area contributed by atoms with Crippen LogP contribution in [0.4, 0.5) is 0 Å². The fourth-order valence-electron chi connectivity index (χ4n) is 1.36. The van der Waals surface area contributed by atoms with Crippen LogP contribution in [0.5, 0.6) is 0 Å². The first-order valence-corrected chi connectivity index (χ1v) is 4.36. The maximum Gasteiger partial charge on any atom is 0.0970 e. The summed E-state index contributed by atoms with van der Waals surface area (Å²) in [5, 5.41) is 12.4. The van der Waals surface area contributed by atoms with Gasteiger partial charge in [-0.3, -0.25) is 0 Å². The summed E-state index contributed by atoms with van der Waals surface area (Å²) in [6.07, 6.45) is 2.40. The van der Waals surface area contributed by atoms with Crippen molar-refractivity contribution in [2.24, 2.45) is 5.92 Å². The summed E-state index contributed by atoms with van der Waals surface area (Å²) in [6.45, 7) is 2.35. The normalized spacial score (nSPS) is 37.9. The fraction of sp³-hybridized carbons (Fsp3) is 1.00. The molecule has 2 atom stereocenters. The summed E-state index contributed by atoms with van der Waals surface area (Å²) < 4.78 is 5.53. The van der Waals surface area contributed by atoms with E-state index < -0.39 is 0 Å². The van der Waals surface area contributed by atoms with Crippen molar-refractivity contribution in [1.82, 2.24) is 5.32 Å². The van der Waals surface area contributed by atoms with Gasteiger partial charge in [0.25, 0.3) is 0 Å². The third kappa shape index (κ3) is 1.92. The molecule has 64 valence electrons. The Morgan fingerprint density at radius 3 is 2.73 bits per heavy atom. The molecule has 0 amide bonds. The molecule has 0 radical (unpaired) electrons. The van der Waals surface area contributed by atoms with Crippen molar-refractivity contribution in [3.8, 4) is 0 Å². The standard InChI is InChI=1S/C8H15NO2/c10-7-3-9-4-8(7)11-5-6-1-2-6/h6-10H,1-5H2. The van der Waals surface area contributed by atoms with Crippen LogP contribution in [-0.2, 0) is 4.74 Å². The summed E-state index contributed by atoms with van der Waals surface area (Å²) in [6, 6.07) is 0. The van der Waals surface area contributed by atoms with Crippen LogP contribution in [0.25, 0.3) is 0 Å². The van der Waals surface area contributed by atoms with Crippen LogP contribution < -0.4 is 5.32 Å². The first-order valence-electron chi connectivity index (χ1n) is 4.36. The van der Waals surface area contributed by atoms with Gasteiger partial charge in [-0.05, 0) is 18.8 Å². The monoisotopic (exact) mass is 157 g/mol. The Labute approximate surface area is 66.7 Å². The minimum Gasteiger partial charge on any atom is -0.389 e. The highest BCUT2D eigenvalue weighted by Gasteiger charge is 2.28. The second-order valence-electron chi connectivity index (χ2n) is 3.54. The first-order chi connectivity index (χ1) is 5.36. The van der Waals surface area contributed by atoms with Crippen LogP contribution in [0, 0.1) is 5.92 Å². The van der Waals surface area contributed by atoms with Gasteiger partial charge >= 0.3 is 0 Å². The van der Waals surface area contributed by atoms with Crippen molar-refractivity contribution < 1.29 is 9.84 Å². The van der Waals surface area contributed by atoms with Gasteiger partial charge in [0.1, 0.15) is 0 Å². The van der Waals surface area contributed by atoms with E-state index >= 15 is 0 Å². The summed E-state index contributed by atoms with van der Waals surface area (Å²) in [7, 11) is 0. The molecule has 0 aromatic heterocycles. The van der Waals surface area contributed by atoms with E-state index in [0.717, 1.165) is 19.1 Å². The number of rotatable bonds is 3. The van der Waals surface area contributed by atoms with E-state index in [0.29, 0.717) is 6.54 Å². The van der Waals surface area contributed by atoms with Gasteiger partial charge in [0, 0.05) is 19.7 Å². The van der Waals surface area contributed by atoms with Crippen LogP contribution >= 0.6 is 0 Å². The minimum absolute atomic E-state index is 0.0515. The molecule has 2 fully saturated rings. The minimum atomic E-state index is -0.284. The molecule has 2 rings (SSSR count). The largest absolute Gasteiger partial charge is 0.389 e. The Kier molecular flexibility index (Phi) is 2.11. The van der Waals surface area contributed by atoms with E-state index in [-0.39, 0.29) is 12.2 Å². The molecule has 1 aliphatic carbocycles. The van der Waals surface area contributed by atoms with Gasteiger partial charge < -0.3 is 15.2 Å². The topological polar surface area (TPSA) is 41.5 Å². The zero-order chi connectivity index (χ0) is 7.68. The average Bonchev–Trinajstić information content (AvgIpc) is 2.73. The highest BCUT2D eigenvalue weighted by atomic mass is 16.5. The molecule has 0 spiro atoms. The van der Waals surface area contributed by atoms with E-state index in [2.05, 4.69) is 5.32 Å². The summed E-state index contributed by atoms with van der Waals surface area (Å²) >= 11 is 0. The lowest BCUT2D eigenvalue weighted by molar-refractivity contribution is -0.0122. The number of β-amino-alcohol motifs (C(OH)–C–C–N with tert-alkyl or cyclic N) is 1. The molecular formula is C8H15NO2. The molecule has 2 N–H and O–H groups in total. The number of hydrogen-bond acceptors (Lipinski definition) is 3. The first kappa shape index (κ1) is 7.53. The zero-order valence-electron chi connectivity index (χ0n) is 6.62. The molecule has 0 bridgehead atoms. The third-order valence-electron chi connectivity index (χ3n) is 2.37. The van der Waals surface area contributed by atoms with Gasteiger partial charge in [0.2, 0.25) is 0 Å². The van der Waals surface area contributed by atoms with Crippen molar-refractivity contribution in [1.29, 1.82) is 0 Å². The van der Waals surface area contributed by atoms with Crippen LogP contribution in [0.2, 0.25) is 0 Å². The lowest BCUT2D eigenvalue weighted by atomic mass is 10.2. The molecule has 3 nitrogen and oxygen atoms in total. The van der Waals surface area contributed by atoms with Crippen LogP contribution in [0.15, 0.2) is 0 Å². The zero-order valence-corrected chi connectivity index (χ0v) is 6.62. The molecule has 1 heterocycles. The summed E-state index contributed by atoms with van der Waals surface area (Å²) in [5.41, 5.74) is 0. The molecule has 3 heteroatoms. The van der Waals surface area contributed by atoms with Crippen LogP contribution in [0.1, 0.15) is 12.8 Å². The SMILES string of the molecule is OC1CNCC1OCC1CC1. The van der Waals surface area contributed by atoms with E-state index in [1.54, 1.807) is 0 Å².